The van der Waals surface area contributed by atoms with Gasteiger partial charge in [0.15, 0.2) is 0 Å². The SMILES string of the molecule is CSCCN(C)C1(CN)CCCC1(C)C. The van der Waals surface area contributed by atoms with Gasteiger partial charge < -0.3 is 5.73 Å². The van der Waals surface area contributed by atoms with Crippen molar-refractivity contribution in [3.63, 3.8) is 0 Å². The molecule has 0 bridgehead atoms. The highest BCUT2D eigenvalue weighted by Crippen LogP contribution is 2.48. The van der Waals surface area contributed by atoms with Crippen LogP contribution in [0.4, 0.5) is 0 Å². The fourth-order valence-electron chi connectivity index (χ4n) is 3.08. The van der Waals surface area contributed by atoms with Crippen LogP contribution in [-0.4, -0.2) is 42.6 Å². The first-order chi connectivity index (χ1) is 7.00. The van der Waals surface area contributed by atoms with Crippen molar-refractivity contribution in [3.8, 4) is 0 Å². The molecule has 1 aliphatic rings. The molecule has 0 aromatic heterocycles. The molecule has 0 aromatic rings. The van der Waals surface area contributed by atoms with E-state index >= 15 is 0 Å². The molecule has 1 aliphatic carbocycles. The third kappa shape index (κ3) is 2.34. The molecule has 1 atom stereocenters. The van der Waals surface area contributed by atoms with E-state index in [9.17, 15) is 0 Å². The topological polar surface area (TPSA) is 29.3 Å². The Morgan fingerprint density at radius 3 is 2.40 bits per heavy atom. The molecule has 1 rings (SSSR count). The minimum atomic E-state index is 0.239. The number of thioether (sulfide) groups is 1. The van der Waals surface area contributed by atoms with Crippen molar-refractivity contribution < 1.29 is 0 Å². The van der Waals surface area contributed by atoms with E-state index in [0.717, 1.165) is 13.1 Å². The molecule has 2 nitrogen and oxygen atoms in total. The first-order valence-corrected chi connectivity index (χ1v) is 7.30. The minimum absolute atomic E-state index is 0.239. The summed E-state index contributed by atoms with van der Waals surface area (Å²) in [5, 5.41) is 0. The van der Waals surface area contributed by atoms with Crippen molar-refractivity contribution in [1.82, 2.24) is 4.90 Å². The van der Waals surface area contributed by atoms with Gasteiger partial charge in [-0.2, -0.15) is 11.8 Å². The Labute approximate surface area is 99.0 Å². The summed E-state index contributed by atoms with van der Waals surface area (Å²) >= 11 is 1.92. The molecular formula is C12H26N2S. The molecule has 0 radical (unpaired) electrons. The number of rotatable bonds is 5. The molecule has 0 aromatic carbocycles. The van der Waals surface area contributed by atoms with Gasteiger partial charge in [0.25, 0.3) is 0 Å². The van der Waals surface area contributed by atoms with Crippen LogP contribution in [0.1, 0.15) is 33.1 Å². The standard InChI is InChI=1S/C12H26N2S/c1-11(2)6-5-7-12(11,10-13)14(3)8-9-15-4/h5-10,13H2,1-4H3. The van der Waals surface area contributed by atoms with E-state index in [1.54, 1.807) is 0 Å². The predicted octanol–water partition coefficient (Wildman–Crippen LogP) is 2.19. The van der Waals surface area contributed by atoms with E-state index < -0.39 is 0 Å². The van der Waals surface area contributed by atoms with Crippen LogP contribution >= 0.6 is 11.8 Å². The molecule has 3 heteroatoms. The average Bonchev–Trinajstić information content (AvgIpc) is 2.50. The van der Waals surface area contributed by atoms with E-state index in [1.165, 1.54) is 25.0 Å². The molecule has 0 amide bonds. The number of hydrogen-bond acceptors (Lipinski definition) is 3. The van der Waals surface area contributed by atoms with Crippen LogP contribution in [0.2, 0.25) is 0 Å². The second-order valence-electron chi connectivity index (χ2n) is 5.39. The Morgan fingerprint density at radius 2 is 2.00 bits per heavy atom. The summed E-state index contributed by atoms with van der Waals surface area (Å²) < 4.78 is 0. The number of likely N-dealkylation sites (N-methyl/N-ethyl adjacent to an activating group) is 1. The lowest BCUT2D eigenvalue weighted by Gasteiger charge is -2.48. The van der Waals surface area contributed by atoms with Crippen LogP contribution in [-0.2, 0) is 0 Å². The van der Waals surface area contributed by atoms with Crippen molar-refractivity contribution >= 4 is 11.8 Å². The van der Waals surface area contributed by atoms with Gasteiger partial charge in [-0.15, -0.1) is 0 Å². The Bertz CT molecular complexity index is 206. The summed E-state index contributed by atoms with van der Waals surface area (Å²) in [6.45, 7) is 6.71. The average molecular weight is 230 g/mol. The predicted molar refractivity (Wildman–Crippen MR) is 70.4 cm³/mol. The lowest BCUT2D eigenvalue weighted by atomic mass is 9.74. The molecule has 15 heavy (non-hydrogen) atoms. The summed E-state index contributed by atoms with van der Waals surface area (Å²) in [7, 11) is 2.25. The zero-order valence-corrected chi connectivity index (χ0v) is 11.5. The van der Waals surface area contributed by atoms with Crippen LogP contribution in [0.15, 0.2) is 0 Å². The van der Waals surface area contributed by atoms with Crippen molar-refractivity contribution in [2.45, 2.75) is 38.6 Å². The van der Waals surface area contributed by atoms with Gasteiger partial charge >= 0.3 is 0 Å². The summed E-state index contributed by atoms with van der Waals surface area (Å²) in [6.07, 6.45) is 6.08. The highest BCUT2D eigenvalue weighted by molar-refractivity contribution is 7.98. The zero-order valence-electron chi connectivity index (χ0n) is 10.7. The number of hydrogen-bond donors (Lipinski definition) is 1. The third-order valence-electron chi connectivity index (χ3n) is 4.35. The number of nitrogens with zero attached hydrogens (tertiary/aromatic N) is 1. The van der Waals surface area contributed by atoms with E-state index in [4.69, 9.17) is 5.73 Å². The summed E-state index contributed by atoms with van der Waals surface area (Å²) in [5.74, 6) is 1.20. The molecule has 0 saturated heterocycles. The normalized spacial score (nSPS) is 30.0. The third-order valence-corrected chi connectivity index (χ3v) is 4.94. The smallest absolute Gasteiger partial charge is 0.0379 e. The molecule has 1 saturated carbocycles. The van der Waals surface area contributed by atoms with Gasteiger partial charge in [0, 0.05) is 24.4 Å². The van der Waals surface area contributed by atoms with Crippen molar-refractivity contribution in [1.29, 1.82) is 0 Å². The molecule has 1 unspecified atom stereocenters. The van der Waals surface area contributed by atoms with Gasteiger partial charge in [0.2, 0.25) is 0 Å². The maximum atomic E-state index is 6.07. The first-order valence-electron chi connectivity index (χ1n) is 5.90. The van der Waals surface area contributed by atoms with Crippen LogP contribution in [0.3, 0.4) is 0 Å². The minimum Gasteiger partial charge on any atom is -0.329 e. The quantitative estimate of drug-likeness (QED) is 0.785. The van der Waals surface area contributed by atoms with Gasteiger partial charge in [-0.05, 0) is 31.6 Å². The maximum absolute atomic E-state index is 6.07. The molecule has 2 N–H and O–H groups in total. The Hall–Kier alpha value is 0.270. The number of nitrogens with two attached hydrogens (primary N) is 1. The Kier molecular flexibility index (Phi) is 4.50. The van der Waals surface area contributed by atoms with Gasteiger partial charge in [-0.25, -0.2) is 0 Å². The molecule has 0 heterocycles. The highest BCUT2D eigenvalue weighted by Gasteiger charge is 2.49. The second-order valence-corrected chi connectivity index (χ2v) is 6.37. The van der Waals surface area contributed by atoms with Gasteiger partial charge in [-0.3, -0.25) is 4.90 Å². The summed E-state index contributed by atoms with van der Waals surface area (Å²) in [4.78, 5) is 2.51. The maximum Gasteiger partial charge on any atom is 0.0379 e. The van der Waals surface area contributed by atoms with Crippen LogP contribution < -0.4 is 5.73 Å². The zero-order chi connectivity index (χ0) is 11.5. The van der Waals surface area contributed by atoms with E-state index in [1.807, 2.05) is 11.8 Å². The van der Waals surface area contributed by atoms with E-state index in [0.29, 0.717) is 5.41 Å². The van der Waals surface area contributed by atoms with E-state index in [-0.39, 0.29) is 5.54 Å². The largest absolute Gasteiger partial charge is 0.329 e. The highest BCUT2D eigenvalue weighted by atomic mass is 32.2. The Morgan fingerprint density at radius 1 is 1.33 bits per heavy atom. The molecule has 0 spiro atoms. The fourth-order valence-corrected chi connectivity index (χ4v) is 3.53. The fraction of sp³-hybridized carbons (Fsp3) is 1.00. The van der Waals surface area contributed by atoms with E-state index in [2.05, 4.69) is 32.1 Å². The van der Waals surface area contributed by atoms with Crippen LogP contribution in [0.5, 0.6) is 0 Å². The monoisotopic (exact) mass is 230 g/mol. The molecule has 0 aliphatic heterocycles. The summed E-state index contributed by atoms with van der Waals surface area (Å²) in [6, 6.07) is 0. The van der Waals surface area contributed by atoms with Crippen molar-refractivity contribution in [2.75, 3.05) is 32.1 Å². The molecular weight excluding hydrogens is 204 g/mol. The molecule has 1 fully saturated rings. The van der Waals surface area contributed by atoms with Gasteiger partial charge in [-0.1, -0.05) is 20.3 Å². The van der Waals surface area contributed by atoms with Gasteiger partial charge in [0.1, 0.15) is 0 Å². The Balaban J connectivity index is 2.75. The lowest BCUT2D eigenvalue weighted by Crippen LogP contribution is -2.58. The van der Waals surface area contributed by atoms with Crippen molar-refractivity contribution in [2.24, 2.45) is 11.1 Å². The second kappa shape index (κ2) is 5.07. The van der Waals surface area contributed by atoms with Crippen LogP contribution in [0.25, 0.3) is 0 Å². The lowest BCUT2D eigenvalue weighted by molar-refractivity contribution is 0.0387. The van der Waals surface area contributed by atoms with Gasteiger partial charge in [0.05, 0.1) is 0 Å². The summed E-state index contributed by atoms with van der Waals surface area (Å²) in [5.41, 5.74) is 6.68. The van der Waals surface area contributed by atoms with Crippen LogP contribution in [0, 0.1) is 5.41 Å². The molecule has 90 valence electrons. The van der Waals surface area contributed by atoms with Crippen molar-refractivity contribution in [3.05, 3.63) is 0 Å². The first kappa shape index (κ1) is 13.3.